The molecule has 1 N–H and O–H groups in total. The summed E-state index contributed by atoms with van der Waals surface area (Å²) in [5.74, 6) is -0.217. The smallest absolute Gasteiger partial charge is 0.207 e. The van der Waals surface area contributed by atoms with E-state index >= 15 is 0 Å². The number of pyridine rings is 1. The van der Waals surface area contributed by atoms with Crippen molar-refractivity contribution in [1.82, 2.24) is 0 Å². The minimum atomic E-state index is -0.217. The van der Waals surface area contributed by atoms with Gasteiger partial charge in [0.25, 0.3) is 0 Å². The monoisotopic (exact) mass is 274 g/mol. The van der Waals surface area contributed by atoms with Crippen LogP contribution in [0.1, 0.15) is 0 Å². The van der Waals surface area contributed by atoms with Crippen LogP contribution in [0.25, 0.3) is 32.9 Å². The highest BCUT2D eigenvalue weighted by Crippen LogP contribution is 2.24. The van der Waals surface area contributed by atoms with E-state index in [-0.39, 0.29) is 5.82 Å². The van der Waals surface area contributed by atoms with Crippen LogP contribution in [0.5, 0.6) is 0 Å². The van der Waals surface area contributed by atoms with E-state index in [9.17, 15) is 4.39 Å². The fraction of sp³-hybridized carbons (Fsp3) is 0. The number of nitrogens with one attached hydrogen (secondary N) is 1. The second-order valence-electron chi connectivity index (χ2n) is 5.13. The van der Waals surface area contributed by atoms with Crippen molar-refractivity contribution in [3.8, 4) is 11.3 Å². The Balaban J connectivity index is 1.94. The normalized spacial score (nSPS) is 11.1. The van der Waals surface area contributed by atoms with E-state index in [0.29, 0.717) is 0 Å². The minimum Gasteiger partial charge on any atom is -0.207 e. The first kappa shape index (κ1) is 12.0. The fourth-order valence-electron chi connectivity index (χ4n) is 2.74. The van der Waals surface area contributed by atoms with Crippen molar-refractivity contribution in [2.24, 2.45) is 0 Å². The van der Waals surface area contributed by atoms with Crippen LogP contribution in [0.15, 0.2) is 72.8 Å². The molecule has 0 radical (unpaired) electrons. The van der Waals surface area contributed by atoms with Gasteiger partial charge in [-0.25, -0.2) is 9.37 Å². The highest BCUT2D eigenvalue weighted by Gasteiger charge is 2.10. The van der Waals surface area contributed by atoms with Crippen molar-refractivity contribution in [2.75, 3.05) is 0 Å². The van der Waals surface area contributed by atoms with E-state index in [1.54, 1.807) is 12.1 Å². The Labute approximate surface area is 121 Å². The molecule has 0 bridgehead atoms. The number of rotatable bonds is 1. The van der Waals surface area contributed by atoms with Gasteiger partial charge in [-0.1, -0.05) is 24.3 Å². The predicted octanol–water partition coefficient (Wildman–Crippen LogP) is 4.61. The van der Waals surface area contributed by atoms with Crippen LogP contribution in [0, 0.1) is 5.82 Å². The molecule has 0 unspecified atom stereocenters. The lowest BCUT2D eigenvalue weighted by Gasteiger charge is -2.01. The zero-order valence-electron chi connectivity index (χ0n) is 11.3. The van der Waals surface area contributed by atoms with Gasteiger partial charge in [0.2, 0.25) is 11.2 Å². The summed E-state index contributed by atoms with van der Waals surface area (Å²) in [7, 11) is 0. The molecular formula is C19H13FN+. The summed E-state index contributed by atoms with van der Waals surface area (Å²) < 4.78 is 13.0. The Kier molecular flexibility index (Phi) is 2.68. The first-order valence-corrected chi connectivity index (χ1v) is 6.91. The molecule has 0 saturated carbocycles. The van der Waals surface area contributed by atoms with Gasteiger partial charge in [0.15, 0.2) is 0 Å². The lowest BCUT2D eigenvalue weighted by Crippen LogP contribution is -2.07. The standard InChI is InChI=1S/C19H12FN/c20-15-8-5-14(6-9-15)18-12-10-17-16-4-2-1-3-13(16)7-11-19(17)21-18/h1-12H/p+1. The summed E-state index contributed by atoms with van der Waals surface area (Å²) in [6, 6.07) is 23.2. The molecule has 2 heteroatoms. The van der Waals surface area contributed by atoms with Crippen molar-refractivity contribution in [2.45, 2.75) is 0 Å². The molecule has 21 heavy (non-hydrogen) atoms. The third-order valence-electron chi connectivity index (χ3n) is 3.81. The summed E-state index contributed by atoms with van der Waals surface area (Å²) in [6.07, 6.45) is 0. The topological polar surface area (TPSA) is 14.1 Å². The molecule has 0 atom stereocenters. The van der Waals surface area contributed by atoms with Gasteiger partial charge in [0.05, 0.1) is 5.39 Å². The third kappa shape index (κ3) is 2.05. The van der Waals surface area contributed by atoms with E-state index in [1.165, 1.54) is 28.3 Å². The maximum absolute atomic E-state index is 13.0. The number of hydrogen-bond donors (Lipinski definition) is 0. The second-order valence-corrected chi connectivity index (χ2v) is 5.13. The molecule has 4 rings (SSSR count). The molecule has 4 aromatic rings. The minimum absolute atomic E-state index is 0.217. The molecular weight excluding hydrogens is 261 g/mol. The number of H-pyrrole nitrogens is 1. The molecule has 1 heterocycles. The average Bonchev–Trinajstić information content (AvgIpc) is 2.55. The van der Waals surface area contributed by atoms with Crippen LogP contribution in [0.2, 0.25) is 0 Å². The SMILES string of the molecule is Fc1ccc(-c2ccc3c(ccc4ccccc43)[nH+]2)cc1. The van der Waals surface area contributed by atoms with Crippen molar-refractivity contribution in [3.05, 3.63) is 78.6 Å². The van der Waals surface area contributed by atoms with E-state index in [4.69, 9.17) is 0 Å². The quantitative estimate of drug-likeness (QED) is 0.450. The van der Waals surface area contributed by atoms with Gasteiger partial charge in [0.1, 0.15) is 5.82 Å². The van der Waals surface area contributed by atoms with Crippen molar-refractivity contribution < 1.29 is 9.37 Å². The number of hydrogen-bond acceptors (Lipinski definition) is 0. The Morgan fingerprint density at radius 2 is 1.48 bits per heavy atom. The first-order chi connectivity index (χ1) is 10.3. The number of aromatic amines is 1. The van der Waals surface area contributed by atoms with E-state index in [0.717, 1.165) is 16.8 Å². The Bertz CT molecular complexity index is 942. The van der Waals surface area contributed by atoms with Crippen LogP contribution >= 0.6 is 0 Å². The number of benzene rings is 3. The summed E-state index contributed by atoms with van der Waals surface area (Å²) >= 11 is 0. The van der Waals surface area contributed by atoms with Gasteiger partial charge in [0, 0.05) is 17.7 Å². The van der Waals surface area contributed by atoms with Crippen LogP contribution < -0.4 is 4.98 Å². The van der Waals surface area contributed by atoms with Gasteiger partial charge in [-0.2, -0.15) is 0 Å². The molecule has 0 aliphatic carbocycles. The van der Waals surface area contributed by atoms with Gasteiger partial charge < -0.3 is 0 Å². The number of fused-ring (bicyclic) bond motifs is 3. The highest BCUT2D eigenvalue weighted by molar-refractivity contribution is 6.05. The van der Waals surface area contributed by atoms with Crippen molar-refractivity contribution in [1.29, 1.82) is 0 Å². The van der Waals surface area contributed by atoms with Gasteiger partial charge in [-0.15, -0.1) is 0 Å². The Morgan fingerprint density at radius 3 is 2.33 bits per heavy atom. The largest absolute Gasteiger partial charge is 0.211 e. The van der Waals surface area contributed by atoms with Gasteiger partial charge in [-0.05, 0) is 47.2 Å². The van der Waals surface area contributed by atoms with E-state index < -0.39 is 0 Å². The van der Waals surface area contributed by atoms with Crippen molar-refractivity contribution in [3.63, 3.8) is 0 Å². The molecule has 3 aromatic carbocycles. The Hall–Kier alpha value is -2.74. The van der Waals surface area contributed by atoms with Gasteiger partial charge in [-0.3, -0.25) is 0 Å². The van der Waals surface area contributed by atoms with E-state index in [2.05, 4.69) is 41.4 Å². The maximum atomic E-state index is 13.0. The lowest BCUT2D eigenvalue weighted by molar-refractivity contribution is -0.330. The summed E-state index contributed by atoms with van der Waals surface area (Å²) in [6.45, 7) is 0. The zero-order valence-corrected chi connectivity index (χ0v) is 11.3. The number of aromatic nitrogens is 1. The van der Waals surface area contributed by atoms with E-state index in [1.807, 2.05) is 12.1 Å². The molecule has 0 aliphatic rings. The Morgan fingerprint density at radius 1 is 0.667 bits per heavy atom. The molecule has 0 amide bonds. The summed E-state index contributed by atoms with van der Waals surface area (Å²) in [5, 5.41) is 3.66. The molecule has 0 saturated heterocycles. The van der Waals surface area contributed by atoms with Crippen LogP contribution in [0.4, 0.5) is 4.39 Å². The van der Waals surface area contributed by atoms with Crippen LogP contribution in [-0.2, 0) is 0 Å². The molecule has 100 valence electrons. The lowest BCUT2D eigenvalue weighted by atomic mass is 10.0. The summed E-state index contributed by atoms with van der Waals surface area (Å²) in [5.41, 5.74) is 3.04. The molecule has 0 aliphatic heterocycles. The third-order valence-corrected chi connectivity index (χ3v) is 3.81. The maximum Gasteiger partial charge on any atom is 0.211 e. The molecule has 1 aromatic heterocycles. The molecule has 0 fully saturated rings. The van der Waals surface area contributed by atoms with Gasteiger partial charge >= 0.3 is 0 Å². The second kappa shape index (κ2) is 4.67. The number of halogens is 1. The summed E-state index contributed by atoms with van der Waals surface area (Å²) in [4.78, 5) is 3.43. The first-order valence-electron chi connectivity index (χ1n) is 6.91. The predicted molar refractivity (Wildman–Crippen MR) is 83.4 cm³/mol. The molecule has 1 nitrogen and oxygen atoms in total. The molecule has 0 spiro atoms. The fourth-order valence-corrected chi connectivity index (χ4v) is 2.74. The van der Waals surface area contributed by atoms with Crippen LogP contribution in [0.3, 0.4) is 0 Å². The van der Waals surface area contributed by atoms with Crippen molar-refractivity contribution >= 4 is 21.7 Å². The zero-order chi connectivity index (χ0) is 14.2. The highest BCUT2D eigenvalue weighted by atomic mass is 19.1. The van der Waals surface area contributed by atoms with Crippen LogP contribution in [-0.4, -0.2) is 0 Å². The average molecular weight is 274 g/mol.